The highest BCUT2D eigenvalue weighted by Gasteiger charge is 2.07. The van der Waals surface area contributed by atoms with Gasteiger partial charge in [-0.05, 0) is 18.9 Å². The summed E-state index contributed by atoms with van der Waals surface area (Å²) in [4.78, 5) is 12.0. The smallest absolute Gasteiger partial charge is 0.265 e. The van der Waals surface area contributed by atoms with Gasteiger partial charge < -0.3 is 5.43 Å². The van der Waals surface area contributed by atoms with E-state index in [2.05, 4.69) is 16.9 Å². The predicted octanol–water partition coefficient (Wildman–Crippen LogP) is 4.11. The van der Waals surface area contributed by atoms with Crippen LogP contribution >= 0.6 is 0 Å². The first-order valence-corrected chi connectivity index (χ1v) is 6.45. The second-order valence-electron chi connectivity index (χ2n) is 4.32. The molecule has 0 aromatic heterocycles. The molecule has 0 saturated heterocycles. The van der Waals surface area contributed by atoms with Crippen molar-refractivity contribution in [2.24, 2.45) is 0 Å². The number of hydrogen-bond donors (Lipinski definition) is 2. The summed E-state index contributed by atoms with van der Waals surface area (Å²) in [5.74, 6) is -0.0886. The van der Waals surface area contributed by atoms with Crippen LogP contribution in [-0.4, -0.2) is 5.91 Å². The topological polar surface area (TPSA) is 41.1 Å². The van der Waals surface area contributed by atoms with Crippen LogP contribution in [0.3, 0.4) is 0 Å². The van der Waals surface area contributed by atoms with Crippen LogP contribution in [0.2, 0.25) is 0 Å². The van der Waals surface area contributed by atoms with Crippen molar-refractivity contribution in [3.8, 4) is 0 Å². The number of rotatable bonds is 3. The van der Waals surface area contributed by atoms with E-state index in [0.29, 0.717) is 6.42 Å². The third-order valence-electron chi connectivity index (χ3n) is 2.83. The van der Waals surface area contributed by atoms with E-state index in [-0.39, 0.29) is 20.8 Å². The monoisotopic (exact) mass is 286 g/mol. The maximum absolute atomic E-state index is 12.0. The lowest BCUT2D eigenvalue weighted by atomic mass is 10.1. The third-order valence-corrected chi connectivity index (χ3v) is 2.83. The Labute approximate surface area is 128 Å². The highest BCUT2D eigenvalue weighted by molar-refractivity contribution is 5.93. The van der Waals surface area contributed by atoms with Crippen LogP contribution in [-0.2, 0) is 4.79 Å². The molecule has 2 aliphatic carbocycles. The molecule has 0 bridgehead atoms. The Morgan fingerprint density at radius 3 is 2.57 bits per heavy atom. The minimum absolute atomic E-state index is 0. The first kappa shape index (κ1) is 18.7. The van der Waals surface area contributed by atoms with Gasteiger partial charge >= 0.3 is 0 Å². The molecule has 0 heterocycles. The molecule has 2 N–H and O–H groups in total. The van der Waals surface area contributed by atoms with E-state index in [0.717, 1.165) is 24.1 Å². The molecule has 0 unspecified atom stereocenters. The zero-order valence-corrected chi connectivity index (χ0v) is 10.8. The lowest BCUT2D eigenvalue weighted by Gasteiger charge is -2.11. The molecule has 21 heavy (non-hydrogen) atoms. The number of hydrazine groups is 1. The molecule has 0 spiro atoms. The van der Waals surface area contributed by atoms with Crippen molar-refractivity contribution < 1.29 is 4.79 Å². The normalized spacial score (nSPS) is 20.2. The van der Waals surface area contributed by atoms with Crippen LogP contribution in [0.4, 0.5) is 0 Å². The first-order valence-electron chi connectivity index (χ1n) is 6.45. The molecule has 2 aliphatic rings. The Morgan fingerprint density at radius 2 is 1.71 bits per heavy atom. The molecule has 2 rings (SSSR count). The summed E-state index contributed by atoms with van der Waals surface area (Å²) < 4.78 is 0. The Bertz CT molecular complexity index is 505. The molecule has 3 nitrogen and oxygen atoms in total. The number of allylic oxidation sites excluding steroid dienone is 10. The van der Waals surface area contributed by atoms with Gasteiger partial charge in [0.1, 0.15) is 0 Å². The van der Waals surface area contributed by atoms with Crippen molar-refractivity contribution in [2.45, 2.75) is 34.1 Å². The van der Waals surface area contributed by atoms with Gasteiger partial charge in [-0.15, -0.1) is 0 Å². The summed E-state index contributed by atoms with van der Waals surface area (Å²) in [6.07, 6.45) is 22.1. The van der Waals surface area contributed by atoms with E-state index in [1.54, 1.807) is 0 Å². The SMILES string of the molecule is C.C.O=C(NNC1=CC=CC=CC1)/C1=C/C=C\CC=CC1. The highest BCUT2D eigenvalue weighted by atomic mass is 16.2. The summed E-state index contributed by atoms with van der Waals surface area (Å²) >= 11 is 0. The molecule has 0 fully saturated rings. The van der Waals surface area contributed by atoms with E-state index in [9.17, 15) is 4.79 Å². The van der Waals surface area contributed by atoms with Crippen molar-refractivity contribution >= 4 is 5.91 Å². The van der Waals surface area contributed by atoms with Gasteiger partial charge in [0.25, 0.3) is 5.91 Å². The summed E-state index contributed by atoms with van der Waals surface area (Å²) in [6, 6.07) is 0. The predicted molar refractivity (Wildman–Crippen MR) is 91.3 cm³/mol. The number of hydrogen-bond acceptors (Lipinski definition) is 2. The van der Waals surface area contributed by atoms with E-state index < -0.39 is 0 Å². The Kier molecular flexibility index (Phi) is 9.35. The quantitative estimate of drug-likeness (QED) is 0.605. The van der Waals surface area contributed by atoms with E-state index in [1.165, 1.54) is 0 Å². The maximum atomic E-state index is 12.0. The molecule has 0 radical (unpaired) electrons. The van der Waals surface area contributed by atoms with Crippen LogP contribution < -0.4 is 10.9 Å². The second-order valence-corrected chi connectivity index (χ2v) is 4.32. The van der Waals surface area contributed by atoms with Crippen LogP contribution in [0.15, 0.2) is 72.0 Å². The van der Waals surface area contributed by atoms with E-state index in [4.69, 9.17) is 0 Å². The van der Waals surface area contributed by atoms with Gasteiger partial charge in [0.2, 0.25) is 0 Å². The molecule has 0 aromatic rings. The van der Waals surface area contributed by atoms with Gasteiger partial charge in [0.15, 0.2) is 0 Å². The molecule has 3 heteroatoms. The first-order chi connectivity index (χ1) is 9.36. The second kappa shape index (κ2) is 10.5. The van der Waals surface area contributed by atoms with Gasteiger partial charge in [-0.3, -0.25) is 10.2 Å². The minimum Gasteiger partial charge on any atom is -0.302 e. The summed E-state index contributed by atoms with van der Waals surface area (Å²) in [5, 5.41) is 0. The molecule has 114 valence electrons. The van der Waals surface area contributed by atoms with Gasteiger partial charge in [-0.25, -0.2) is 0 Å². The van der Waals surface area contributed by atoms with Crippen molar-refractivity contribution in [3.63, 3.8) is 0 Å². The van der Waals surface area contributed by atoms with Crippen molar-refractivity contribution in [1.82, 2.24) is 10.9 Å². The highest BCUT2D eigenvalue weighted by Crippen LogP contribution is 2.08. The maximum Gasteiger partial charge on any atom is 0.265 e. The molecule has 0 aromatic carbocycles. The lowest BCUT2D eigenvalue weighted by molar-refractivity contribution is -0.118. The van der Waals surface area contributed by atoms with Gasteiger partial charge in [0, 0.05) is 17.7 Å². The van der Waals surface area contributed by atoms with Crippen molar-refractivity contribution in [1.29, 1.82) is 0 Å². The Morgan fingerprint density at radius 1 is 0.857 bits per heavy atom. The number of nitrogens with one attached hydrogen (secondary N) is 2. The van der Waals surface area contributed by atoms with Crippen LogP contribution in [0.1, 0.15) is 34.1 Å². The van der Waals surface area contributed by atoms with Crippen LogP contribution in [0.25, 0.3) is 0 Å². The summed E-state index contributed by atoms with van der Waals surface area (Å²) in [5.41, 5.74) is 7.42. The van der Waals surface area contributed by atoms with Crippen molar-refractivity contribution in [3.05, 3.63) is 72.0 Å². The number of carbonyl (C=O) groups is 1. The van der Waals surface area contributed by atoms with Crippen LogP contribution in [0.5, 0.6) is 0 Å². The molecular formula is C18H26N2O. The Balaban J connectivity index is 0.00000200. The van der Waals surface area contributed by atoms with Gasteiger partial charge in [-0.2, -0.15) is 0 Å². The molecular weight excluding hydrogens is 260 g/mol. The number of amides is 1. The summed E-state index contributed by atoms with van der Waals surface area (Å²) in [6.45, 7) is 0. The summed E-state index contributed by atoms with van der Waals surface area (Å²) in [7, 11) is 0. The van der Waals surface area contributed by atoms with Gasteiger partial charge in [-0.1, -0.05) is 69.5 Å². The van der Waals surface area contributed by atoms with E-state index >= 15 is 0 Å². The molecule has 0 atom stereocenters. The largest absolute Gasteiger partial charge is 0.302 e. The zero-order chi connectivity index (χ0) is 13.3. The molecule has 0 aliphatic heterocycles. The van der Waals surface area contributed by atoms with Crippen molar-refractivity contribution in [2.75, 3.05) is 0 Å². The number of carbonyl (C=O) groups excluding carboxylic acids is 1. The lowest BCUT2D eigenvalue weighted by Crippen LogP contribution is -2.37. The fraction of sp³-hybridized carbons (Fsp3) is 0.278. The fourth-order valence-electron chi connectivity index (χ4n) is 1.77. The average Bonchev–Trinajstić information content (AvgIpc) is 2.64. The average molecular weight is 286 g/mol. The standard InChI is InChI=1S/C16H18N2O.2CH4/c19-16(14-10-6-2-1-3-7-11-14)18-17-15-12-8-4-5-9-13-15;;/h2-10,12,17H,1,11,13H2,(H,18,19);2*1H4/b6-2-,7-3?,14-10+;;. The minimum atomic E-state index is -0.0886. The van der Waals surface area contributed by atoms with Gasteiger partial charge in [0.05, 0.1) is 0 Å². The third kappa shape index (κ3) is 6.61. The van der Waals surface area contributed by atoms with Crippen LogP contribution in [0, 0.1) is 0 Å². The Hall–Kier alpha value is -2.29. The molecule has 0 saturated carbocycles. The van der Waals surface area contributed by atoms with E-state index in [1.807, 2.05) is 54.7 Å². The zero-order valence-electron chi connectivity index (χ0n) is 10.8. The fourth-order valence-corrected chi connectivity index (χ4v) is 1.77. The molecule has 1 amide bonds.